The van der Waals surface area contributed by atoms with Gasteiger partial charge in [0.25, 0.3) is 0 Å². The maximum Gasteiger partial charge on any atom is 0.319 e. The van der Waals surface area contributed by atoms with Crippen molar-refractivity contribution < 1.29 is 14.7 Å². The third-order valence-electron chi connectivity index (χ3n) is 6.53. The average Bonchev–Trinajstić information content (AvgIpc) is 2.82. The fourth-order valence-corrected chi connectivity index (χ4v) is 4.68. The number of likely N-dealkylation sites (tertiary alicyclic amines) is 1. The first-order valence-corrected chi connectivity index (χ1v) is 12.1. The second-order valence-corrected chi connectivity index (χ2v) is 9.03. The summed E-state index contributed by atoms with van der Waals surface area (Å²) >= 11 is 0. The van der Waals surface area contributed by atoms with Crippen molar-refractivity contribution in [1.29, 1.82) is 0 Å². The second-order valence-electron chi connectivity index (χ2n) is 9.03. The summed E-state index contributed by atoms with van der Waals surface area (Å²) in [5, 5.41) is 16.3. The number of carbonyl (C=O) groups is 2. The van der Waals surface area contributed by atoms with Crippen LogP contribution in [0.5, 0.6) is 0 Å². The molecule has 178 valence electrons. The Labute approximate surface area is 197 Å². The average molecular weight is 452 g/mol. The number of aliphatic hydroxyl groups is 1. The molecular weight excluding hydrogens is 414 g/mol. The fourth-order valence-electron chi connectivity index (χ4n) is 4.68. The van der Waals surface area contributed by atoms with E-state index in [1.54, 1.807) is 24.3 Å². The maximum absolute atomic E-state index is 12.2. The number of hydrogen-bond donors (Lipinski definition) is 3. The number of piperidine rings is 1. The number of ketones is 1. The van der Waals surface area contributed by atoms with Gasteiger partial charge >= 0.3 is 6.03 Å². The van der Waals surface area contributed by atoms with Crippen LogP contribution in [-0.4, -0.2) is 53.6 Å². The molecule has 3 rings (SSSR count). The van der Waals surface area contributed by atoms with Gasteiger partial charge < -0.3 is 15.7 Å². The number of urea groups is 1. The van der Waals surface area contributed by atoms with E-state index in [9.17, 15) is 14.7 Å². The second kappa shape index (κ2) is 12.5. The van der Waals surface area contributed by atoms with Crippen LogP contribution in [0, 0.1) is 5.92 Å². The summed E-state index contributed by atoms with van der Waals surface area (Å²) in [4.78, 5) is 26.1. The molecule has 3 N–H and O–H groups in total. The largest absolute Gasteiger partial charge is 0.392 e. The van der Waals surface area contributed by atoms with Crippen LogP contribution in [0.2, 0.25) is 0 Å². The first kappa shape index (κ1) is 24.9. The molecule has 6 heteroatoms. The van der Waals surface area contributed by atoms with Crippen molar-refractivity contribution in [3.05, 3.63) is 65.7 Å². The summed E-state index contributed by atoms with van der Waals surface area (Å²) in [5.41, 5.74) is 2.54. The fraction of sp³-hybridized carbons (Fsp3) is 0.481. The molecule has 0 aromatic heterocycles. The van der Waals surface area contributed by atoms with E-state index < -0.39 is 0 Å². The Morgan fingerprint density at radius 2 is 1.94 bits per heavy atom. The predicted molar refractivity (Wildman–Crippen MR) is 133 cm³/mol. The number of carbonyl (C=O) groups excluding carboxylic acids is 2. The Balaban J connectivity index is 1.44. The molecule has 2 aromatic carbocycles. The topological polar surface area (TPSA) is 81.7 Å². The van der Waals surface area contributed by atoms with Crippen molar-refractivity contribution in [3.8, 4) is 0 Å². The lowest BCUT2D eigenvalue weighted by Crippen LogP contribution is -2.50. The number of nitrogens with one attached hydrogen (secondary N) is 2. The summed E-state index contributed by atoms with van der Waals surface area (Å²) in [7, 11) is 0. The standard InChI is InChI=1S/C27H37N3O3/c1-3-26(32)25-18-22(17-21-9-5-4-6-10-21)13-16-30(25)15-8-14-28-27(33)29-24-12-7-11-23(19-24)20(2)31/h4-7,9-12,19,22,25-26,32H,3,8,13-18H2,1-2H3,(H2,28,29,33). The highest BCUT2D eigenvalue weighted by Crippen LogP contribution is 2.29. The Bertz CT molecular complexity index is 902. The van der Waals surface area contributed by atoms with Crippen LogP contribution < -0.4 is 10.6 Å². The van der Waals surface area contributed by atoms with Gasteiger partial charge in [-0.1, -0.05) is 49.4 Å². The third kappa shape index (κ3) is 7.69. The molecule has 1 saturated heterocycles. The van der Waals surface area contributed by atoms with Gasteiger partial charge in [0, 0.05) is 30.4 Å². The zero-order valence-electron chi connectivity index (χ0n) is 19.8. The molecule has 33 heavy (non-hydrogen) atoms. The van der Waals surface area contributed by atoms with Crippen molar-refractivity contribution in [2.75, 3.05) is 25.0 Å². The number of benzene rings is 2. The zero-order chi connectivity index (χ0) is 23.6. The van der Waals surface area contributed by atoms with Crippen molar-refractivity contribution in [2.45, 2.75) is 58.1 Å². The predicted octanol–water partition coefficient (Wildman–Crippen LogP) is 4.50. The van der Waals surface area contributed by atoms with E-state index in [1.807, 2.05) is 13.0 Å². The lowest BCUT2D eigenvalue weighted by molar-refractivity contribution is 0.00685. The molecule has 0 saturated carbocycles. The highest BCUT2D eigenvalue weighted by atomic mass is 16.3. The van der Waals surface area contributed by atoms with Crippen molar-refractivity contribution in [2.24, 2.45) is 5.92 Å². The molecule has 0 spiro atoms. The van der Waals surface area contributed by atoms with Crippen LogP contribution in [0.1, 0.15) is 55.5 Å². The number of amides is 2. The summed E-state index contributed by atoms with van der Waals surface area (Å²) in [6, 6.07) is 17.4. The molecule has 1 aliphatic rings. The van der Waals surface area contributed by atoms with Gasteiger partial charge in [-0.25, -0.2) is 4.79 Å². The van der Waals surface area contributed by atoms with E-state index in [2.05, 4.69) is 39.8 Å². The lowest BCUT2D eigenvalue weighted by atomic mass is 9.83. The van der Waals surface area contributed by atoms with Crippen LogP contribution in [-0.2, 0) is 6.42 Å². The molecule has 1 heterocycles. The molecule has 6 nitrogen and oxygen atoms in total. The quantitative estimate of drug-likeness (QED) is 0.367. The van der Waals surface area contributed by atoms with Gasteiger partial charge in [0.05, 0.1) is 6.10 Å². The third-order valence-corrected chi connectivity index (χ3v) is 6.53. The monoisotopic (exact) mass is 451 g/mol. The first-order chi connectivity index (χ1) is 16.0. The number of anilines is 1. The van der Waals surface area contributed by atoms with Gasteiger partial charge in [-0.05, 0) is 69.2 Å². The molecule has 2 amide bonds. The highest BCUT2D eigenvalue weighted by molar-refractivity contribution is 5.96. The summed E-state index contributed by atoms with van der Waals surface area (Å²) < 4.78 is 0. The van der Waals surface area contributed by atoms with Crippen LogP contribution in [0.3, 0.4) is 0 Å². The van der Waals surface area contributed by atoms with Gasteiger partial charge in [0.1, 0.15) is 0 Å². The summed E-state index contributed by atoms with van der Waals surface area (Å²) in [5.74, 6) is 0.555. The molecule has 0 bridgehead atoms. The van der Waals surface area contributed by atoms with Crippen LogP contribution in [0.15, 0.2) is 54.6 Å². The molecule has 1 aliphatic heterocycles. The molecule has 3 atom stereocenters. The molecule has 0 radical (unpaired) electrons. The Hall–Kier alpha value is -2.70. The minimum absolute atomic E-state index is 0.0320. The van der Waals surface area contributed by atoms with Crippen LogP contribution in [0.25, 0.3) is 0 Å². The number of rotatable bonds is 10. The van der Waals surface area contributed by atoms with Crippen molar-refractivity contribution >= 4 is 17.5 Å². The van der Waals surface area contributed by atoms with E-state index in [4.69, 9.17) is 0 Å². The van der Waals surface area contributed by atoms with Crippen molar-refractivity contribution in [1.82, 2.24) is 10.2 Å². The number of aliphatic hydroxyl groups excluding tert-OH is 1. The van der Waals surface area contributed by atoms with Gasteiger partial charge in [-0.15, -0.1) is 0 Å². The summed E-state index contributed by atoms with van der Waals surface area (Å²) in [6.45, 7) is 5.92. The Morgan fingerprint density at radius 3 is 2.67 bits per heavy atom. The Morgan fingerprint density at radius 1 is 1.15 bits per heavy atom. The zero-order valence-corrected chi connectivity index (χ0v) is 19.8. The molecule has 1 fully saturated rings. The maximum atomic E-state index is 12.2. The Kier molecular flexibility index (Phi) is 9.46. The first-order valence-electron chi connectivity index (χ1n) is 12.1. The van der Waals surface area contributed by atoms with Gasteiger partial charge in [0.2, 0.25) is 0 Å². The van der Waals surface area contributed by atoms with Gasteiger partial charge in [-0.3, -0.25) is 9.69 Å². The summed E-state index contributed by atoms with van der Waals surface area (Å²) in [6.07, 6.45) is 4.44. The van der Waals surface area contributed by atoms with Crippen molar-refractivity contribution in [3.63, 3.8) is 0 Å². The van der Waals surface area contributed by atoms with E-state index in [0.29, 0.717) is 23.7 Å². The van der Waals surface area contributed by atoms with Crippen LogP contribution >= 0.6 is 0 Å². The minimum atomic E-state index is -0.326. The van der Waals surface area contributed by atoms with Gasteiger partial charge in [0.15, 0.2) is 5.78 Å². The highest BCUT2D eigenvalue weighted by Gasteiger charge is 2.32. The van der Waals surface area contributed by atoms with Crippen LogP contribution in [0.4, 0.5) is 10.5 Å². The molecule has 2 aromatic rings. The number of hydrogen-bond acceptors (Lipinski definition) is 4. The van der Waals surface area contributed by atoms with Gasteiger partial charge in [-0.2, -0.15) is 0 Å². The van der Waals surface area contributed by atoms with E-state index >= 15 is 0 Å². The SMILES string of the molecule is CCC(O)C1CC(Cc2ccccc2)CCN1CCCNC(=O)Nc1cccc(C(C)=O)c1. The number of nitrogens with zero attached hydrogens (tertiary/aromatic N) is 1. The molecular formula is C27H37N3O3. The smallest absolute Gasteiger partial charge is 0.319 e. The number of Topliss-reactive ketones (excluding diaryl/α,β-unsaturated/α-hetero) is 1. The lowest BCUT2D eigenvalue weighted by Gasteiger charge is -2.42. The normalized spacial score (nSPS) is 19.6. The molecule has 0 aliphatic carbocycles. The van der Waals surface area contributed by atoms with E-state index in [1.165, 1.54) is 12.5 Å². The minimum Gasteiger partial charge on any atom is -0.392 e. The van der Waals surface area contributed by atoms with E-state index in [0.717, 1.165) is 45.2 Å². The van der Waals surface area contributed by atoms with E-state index in [-0.39, 0.29) is 24.0 Å². The molecule has 3 unspecified atom stereocenters.